The average molecular weight is 531 g/mol. The normalized spacial score (nSPS) is 13.2. The van der Waals surface area contributed by atoms with Gasteiger partial charge in [-0.1, -0.05) is 23.5 Å². The molecule has 3 aromatic heterocycles. The highest BCUT2D eigenvalue weighted by atomic mass is 32.3. The van der Waals surface area contributed by atoms with Crippen molar-refractivity contribution in [2.75, 3.05) is 12.5 Å². The van der Waals surface area contributed by atoms with E-state index in [0.29, 0.717) is 0 Å². The predicted molar refractivity (Wildman–Crippen MR) is 147 cm³/mol. The smallest absolute Gasteiger partial charge is 0.131 e. The number of thiophene rings is 3. The molecule has 0 aromatic carbocycles. The summed E-state index contributed by atoms with van der Waals surface area (Å²) in [6.07, 6.45) is 8.20. The van der Waals surface area contributed by atoms with Gasteiger partial charge < -0.3 is 0 Å². The standard InChI is InChI=1S/C22H14N2S7/c1-25-21-22(26-2)31-20(30-21)10-15-4-6-17(28-15)19-8-7-18(29-19)16-5-3-14(27-16)9-13(11-23)12-24/h3-10H,1-2H3. The maximum absolute atomic E-state index is 8.94. The minimum absolute atomic E-state index is 0.128. The number of hydrogen-bond acceptors (Lipinski definition) is 9. The third kappa shape index (κ3) is 5.37. The van der Waals surface area contributed by atoms with E-state index < -0.39 is 0 Å². The lowest BCUT2D eigenvalue weighted by molar-refractivity contribution is 1.47. The summed E-state index contributed by atoms with van der Waals surface area (Å²) in [4.78, 5) is 7.06. The van der Waals surface area contributed by atoms with Crippen LogP contribution in [0.2, 0.25) is 0 Å². The minimum atomic E-state index is 0.128. The van der Waals surface area contributed by atoms with E-state index in [1.54, 1.807) is 28.7 Å². The minimum Gasteiger partial charge on any atom is -0.192 e. The lowest BCUT2D eigenvalue weighted by Crippen LogP contribution is -1.68. The van der Waals surface area contributed by atoms with Crippen LogP contribution in [0, 0.1) is 22.7 Å². The molecule has 0 radical (unpaired) electrons. The molecule has 4 rings (SSSR count). The van der Waals surface area contributed by atoms with Gasteiger partial charge in [-0.3, -0.25) is 0 Å². The van der Waals surface area contributed by atoms with Crippen molar-refractivity contribution in [3.63, 3.8) is 0 Å². The molecule has 2 nitrogen and oxygen atoms in total. The summed E-state index contributed by atoms with van der Waals surface area (Å²) in [5.41, 5.74) is 0.128. The fourth-order valence-corrected chi connectivity index (χ4v) is 10.8. The zero-order valence-corrected chi connectivity index (χ0v) is 22.1. The van der Waals surface area contributed by atoms with Crippen molar-refractivity contribution in [1.82, 2.24) is 0 Å². The fraction of sp³-hybridized carbons (Fsp3) is 0.0909. The molecule has 0 unspecified atom stereocenters. The monoisotopic (exact) mass is 530 g/mol. The molecule has 0 bridgehead atoms. The van der Waals surface area contributed by atoms with Crippen LogP contribution in [0.15, 0.2) is 54.7 Å². The highest BCUT2D eigenvalue weighted by Gasteiger charge is 2.20. The van der Waals surface area contributed by atoms with Crippen molar-refractivity contribution in [3.8, 4) is 31.6 Å². The molecule has 0 saturated heterocycles. The molecule has 0 amide bonds. The molecule has 0 fully saturated rings. The average Bonchev–Trinajstić information content (AvgIpc) is 3.58. The molecule has 0 aliphatic carbocycles. The van der Waals surface area contributed by atoms with E-state index in [2.05, 4.69) is 48.9 Å². The molecule has 1 aliphatic heterocycles. The highest BCUT2D eigenvalue weighted by Crippen LogP contribution is 2.57. The van der Waals surface area contributed by atoms with Crippen molar-refractivity contribution in [1.29, 1.82) is 10.5 Å². The molecule has 0 spiro atoms. The van der Waals surface area contributed by atoms with Crippen LogP contribution in [-0.4, -0.2) is 12.5 Å². The maximum Gasteiger partial charge on any atom is 0.131 e. The molecule has 9 heteroatoms. The zero-order chi connectivity index (χ0) is 21.8. The lowest BCUT2D eigenvalue weighted by atomic mass is 10.3. The van der Waals surface area contributed by atoms with Crippen LogP contribution in [0.4, 0.5) is 0 Å². The van der Waals surface area contributed by atoms with Crippen molar-refractivity contribution in [2.24, 2.45) is 0 Å². The van der Waals surface area contributed by atoms with E-state index >= 15 is 0 Å². The maximum atomic E-state index is 8.94. The number of thioether (sulfide) groups is 4. The van der Waals surface area contributed by atoms with Gasteiger partial charge in [0.05, 0.1) is 12.7 Å². The fourth-order valence-electron chi connectivity index (χ4n) is 2.67. The Morgan fingerprint density at radius 1 is 0.742 bits per heavy atom. The number of hydrogen-bond donors (Lipinski definition) is 0. The van der Waals surface area contributed by atoms with E-state index in [1.807, 2.05) is 76.6 Å². The van der Waals surface area contributed by atoms with E-state index in [4.69, 9.17) is 10.5 Å². The van der Waals surface area contributed by atoms with Gasteiger partial charge in [0.1, 0.15) is 17.7 Å². The Balaban J connectivity index is 1.50. The number of nitrogens with zero attached hydrogens (tertiary/aromatic N) is 2. The van der Waals surface area contributed by atoms with Crippen LogP contribution in [0.3, 0.4) is 0 Å². The van der Waals surface area contributed by atoms with Gasteiger partial charge in [-0.25, -0.2) is 0 Å². The predicted octanol–water partition coefficient (Wildman–Crippen LogP) is 9.27. The van der Waals surface area contributed by atoms with E-state index in [9.17, 15) is 0 Å². The van der Waals surface area contributed by atoms with Gasteiger partial charge in [0.25, 0.3) is 0 Å². The second-order valence-electron chi connectivity index (χ2n) is 6.00. The van der Waals surface area contributed by atoms with Gasteiger partial charge in [-0.2, -0.15) is 10.5 Å². The van der Waals surface area contributed by atoms with Crippen LogP contribution in [0.25, 0.3) is 31.7 Å². The van der Waals surface area contributed by atoms with E-state index in [-0.39, 0.29) is 5.57 Å². The molecule has 31 heavy (non-hydrogen) atoms. The molecule has 1 aliphatic rings. The zero-order valence-electron chi connectivity index (χ0n) is 16.4. The summed E-state index contributed by atoms with van der Waals surface area (Å²) in [6, 6.07) is 16.6. The molecular weight excluding hydrogens is 517 g/mol. The van der Waals surface area contributed by atoms with Gasteiger partial charge in [-0.05, 0) is 61.1 Å². The number of allylic oxidation sites excluding steroid dienone is 1. The van der Waals surface area contributed by atoms with Crippen molar-refractivity contribution in [2.45, 2.75) is 0 Å². The number of nitriles is 2. The molecule has 0 N–H and O–H groups in total. The van der Waals surface area contributed by atoms with Gasteiger partial charge >= 0.3 is 0 Å². The van der Waals surface area contributed by atoms with Crippen LogP contribution in [0.5, 0.6) is 0 Å². The van der Waals surface area contributed by atoms with Crippen LogP contribution >= 0.6 is 81.1 Å². The summed E-state index contributed by atoms with van der Waals surface area (Å²) in [5, 5.41) is 17.9. The Kier molecular flexibility index (Phi) is 7.78. The van der Waals surface area contributed by atoms with E-state index in [1.165, 1.54) is 32.2 Å². The Morgan fingerprint density at radius 3 is 1.77 bits per heavy atom. The van der Waals surface area contributed by atoms with Gasteiger partial charge in [0, 0.05) is 29.3 Å². The van der Waals surface area contributed by atoms with Crippen LogP contribution in [-0.2, 0) is 0 Å². The third-order valence-corrected chi connectivity index (χ3v) is 12.7. The van der Waals surface area contributed by atoms with Crippen molar-refractivity contribution >= 4 is 93.2 Å². The van der Waals surface area contributed by atoms with Crippen molar-refractivity contribution < 1.29 is 0 Å². The highest BCUT2D eigenvalue weighted by molar-refractivity contribution is 8.40. The topological polar surface area (TPSA) is 47.6 Å². The second-order valence-corrected chi connectivity index (χ2v) is 13.8. The molecule has 0 atom stereocenters. The Hall–Kier alpha value is -1.30. The Morgan fingerprint density at radius 2 is 1.23 bits per heavy atom. The van der Waals surface area contributed by atoms with Crippen LogP contribution < -0.4 is 0 Å². The first-order chi connectivity index (χ1) is 15.1. The Labute approximate surface area is 210 Å². The summed E-state index contributed by atoms with van der Waals surface area (Å²) in [6.45, 7) is 0. The second kappa shape index (κ2) is 10.5. The Bertz CT molecular complexity index is 1250. The largest absolute Gasteiger partial charge is 0.192 e. The number of rotatable bonds is 6. The van der Waals surface area contributed by atoms with Crippen LogP contribution in [0.1, 0.15) is 9.75 Å². The first kappa shape index (κ1) is 22.9. The van der Waals surface area contributed by atoms with Gasteiger partial charge in [0.15, 0.2) is 0 Å². The van der Waals surface area contributed by atoms with Gasteiger partial charge in [-0.15, -0.1) is 57.5 Å². The third-order valence-electron chi connectivity index (χ3n) is 4.06. The van der Waals surface area contributed by atoms with E-state index in [0.717, 1.165) is 9.75 Å². The van der Waals surface area contributed by atoms with Gasteiger partial charge in [0.2, 0.25) is 0 Å². The molecule has 154 valence electrons. The summed E-state index contributed by atoms with van der Waals surface area (Å²) in [7, 11) is 0. The summed E-state index contributed by atoms with van der Waals surface area (Å²) in [5.74, 6) is 0. The summed E-state index contributed by atoms with van der Waals surface area (Å²) >= 11 is 12.6. The molecule has 3 aromatic rings. The first-order valence-corrected chi connectivity index (χ1v) is 15.4. The molecule has 4 heterocycles. The molecule has 0 saturated carbocycles. The SMILES string of the molecule is CSC1=C(SC)SC(=Cc2ccc(-c3ccc(-c4ccc(C=C(C#N)C#N)s4)s3)s2)S1. The lowest BCUT2D eigenvalue weighted by Gasteiger charge is -1.94. The summed E-state index contributed by atoms with van der Waals surface area (Å²) < 4.78 is 4.12. The molecular formula is C22H14N2S7. The van der Waals surface area contributed by atoms with Crippen molar-refractivity contribution in [3.05, 3.63) is 64.4 Å². The quantitative estimate of drug-likeness (QED) is 0.296. The first-order valence-electron chi connectivity index (χ1n) is 8.85.